The fraction of sp³-hybridized carbons (Fsp3) is 0.368. The molecule has 0 aliphatic rings. The van der Waals surface area contributed by atoms with Gasteiger partial charge in [0.25, 0.3) is 5.91 Å². The highest BCUT2D eigenvalue weighted by Gasteiger charge is 2.07. The van der Waals surface area contributed by atoms with Crippen molar-refractivity contribution in [1.82, 2.24) is 15.2 Å². The van der Waals surface area contributed by atoms with E-state index in [1.165, 1.54) is 5.56 Å². The zero-order chi connectivity index (χ0) is 17.4. The van der Waals surface area contributed by atoms with E-state index in [4.69, 9.17) is 0 Å². The molecule has 1 aromatic carbocycles. The van der Waals surface area contributed by atoms with E-state index in [2.05, 4.69) is 34.6 Å². The van der Waals surface area contributed by atoms with Gasteiger partial charge in [0.05, 0.1) is 11.3 Å². The quantitative estimate of drug-likeness (QED) is 0.732. The molecule has 1 amide bonds. The molecule has 2 rings (SSSR count). The molecule has 1 heterocycles. The third kappa shape index (κ3) is 5.66. The predicted molar refractivity (Wildman–Crippen MR) is 98.2 cm³/mol. The molecular formula is C19H26N4O. The number of aryl methyl sites for hydroxylation is 1. The van der Waals surface area contributed by atoms with Crippen LogP contribution >= 0.6 is 0 Å². The van der Waals surface area contributed by atoms with Gasteiger partial charge in [0, 0.05) is 25.5 Å². The van der Waals surface area contributed by atoms with Crippen LogP contribution in [0.5, 0.6) is 0 Å². The third-order valence-electron chi connectivity index (χ3n) is 3.81. The Bertz CT molecular complexity index is 670. The molecule has 0 spiro atoms. The first-order valence-corrected chi connectivity index (χ1v) is 8.22. The molecular weight excluding hydrogens is 300 g/mol. The minimum Gasteiger partial charge on any atom is -0.384 e. The van der Waals surface area contributed by atoms with Crippen molar-refractivity contribution in [2.24, 2.45) is 0 Å². The van der Waals surface area contributed by atoms with Gasteiger partial charge in [-0.15, -0.1) is 0 Å². The van der Waals surface area contributed by atoms with Crippen LogP contribution in [0.1, 0.15) is 27.9 Å². The van der Waals surface area contributed by atoms with E-state index >= 15 is 0 Å². The number of carbonyl (C=O) groups is 1. The van der Waals surface area contributed by atoms with E-state index in [9.17, 15) is 4.79 Å². The van der Waals surface area contributed by atoms with Gasteiger partial charge >= 0.3 is 0 Å². The van der Waals surface area contributed by atoms with Gasteiger partial charge in [0.15, 0.2) is 0 Å². The Hall–Kier alpha value is -2.40. The second-order valence-electron chi connectivity index (χ2n) is 6.16. The average molecular weight is 326 g/mol. The lowest BCUT2D eigenvalue weighted by Crippen LogP contribution is -2.23. The molecule has 0 bridgehead atoms. The number of carbonyl (C=O) groups excluding carboxylic acids is 1. The molecule has 24 heavy (non-hydrogen) atoms. The number of benzene rings is 1. The van der Waals surface area contributed by atoms with Gasteiger partial charge in [-0.1, -0.05) is 24.3 Å². The monoisotopic (exact) mass is 326 g/mol. The number of nitrogens with zero attached hydrogens (tertiary/aromatic N) is 2. The number of hydrogen-bond acceptors (Lipinski definition) is 4. The van der Waals surface area contributed by atoms with Crippen LogP contribution in [-0.2, 0) is 6.54 Å². The standard InChI is InChI=1S/C19H26N4O/c1-15-7-4-5-8-16(15)13-22-19(24)17-11-18(14-20-12-17)21-9-6-10-23(2)3/h4-5,7-8,11-12,14,21H,6,9-10,13H2,1-3H3,(H,22,24). The van der Waals surface area contributed by atoms with Crippen LogP contribution in [0.4, 0.5) is 5.69 Å². The molecule has 128 valence electrons. The summed E-state index contributed by atoms with van der Waals surface area (Å²) < 4.78 is 0. The molecule has 0 fully saturated rings. The van der Waals surface area contributed by atoms with E-state index in [1.807, 2.05) is 37.3 Å². The maximum absolute atomic E-state index is 12.3. The summed E-state index contributed by atoms with van der Waals surface area (Å²) in [7, 11) is 4.11. The second kappa shape index (κ2) is 9.03. The molecule has 0 saturated heterocycles. The van der Waals surface area contributed by atoms with Crippen molar-refractivity contribution in [3.63, 3.8) is 0 Å². The van der Waals surface area contributed by atoms with Crippen molar-refractivity contribution >= 4 is 11.6 Å². The highest BCUT2D eigenvalue weighted by molar-refractivity contribution is 5.94. The fourth-order valence-electron chi connectivity index (χ4n) is 2.37. The maximum atomic E-state index is 12.3. The van der Waals surface area contributed by atoms with Gasteiger partial charge < -0.3 is 15.5 Å². The van der Waals surface area contributed by atoms with Crippen LogP contribution in [0.25, 0.3) is 0 Å². The normalized spacial score (nSPS) is 10.7. The third-order valence-corrected chi connectivity index (χ3v) is 3.81. The molecule has 5 nitrogen and oxygen atoms in total. The summed E-state index contributed by atoms with van der Waals surface area (Å²) >= 11 is 0. The highest BCUT2D eigenvalue weighted by Crippen LogP contribution is 2.10. The number of anilines is 1. The van der Waals surface area contributed by atoms with Crippen molar-refractivity contribution in [2.75, 3.05) is 32.5 Å². The SMILES string of the molecule is Cc1ccccc1CNC(=O)c1cncc(NCCCN(C)C)c1. The van der Waals surface area contributed by atoms with Crippen molar-refractivity contribution in [1.29, 1.82) is 0 Å². The van der Waals surface area contributed by atoms with Crippen LogP contribution in [0.15, 0.2) is 42.7 Å². The number of hydrogen-bond donors (Lipinski definition) is 2. The van der Waals surface area contributed by atoms with Gasteiger partial charge in [-0.2, -0.15) is 0 Å². The molecule has 0 aliphatic heterocycles. The zero-order valence-corrected chi connectivity index (χ0v) is 14.7. The van der Waals surface area contributed by atoms with Gasteiger partial charge in [0.2, 0.25) is 0 Å². The van der Waals surface area contributed by atoms with Gasteiger partial charge in [-0.05, 0) is 51.2 Å². The molecule has 0 unspecified atom stereocenters. The molecule has 0 aliphatic carbocycles. The molecule has 0 saturated carbocycles. The van der Waals surface area contributed by atoms with Crippen molar-refractivity contribution in [3.8, 4) is 0 Å². The molecule has 0 atom stereocenters. The summed E-state index contributed by atoms with van der Waals surface area (Å²) in [5.74, 6) is -0.109. The second-order valence-corrected chi connectivity index (χ2v) is 6.16. The van der Waals surface area contributed by atoms with E-state index in [1.54, 1.807) is 12.4 Å². The topological polar surface area (TPSA) is 57.3 Å². The lowest BCUT2D eigenvalue weighted by atomic mass is 10.1. The summed E-state index contributed by atoms with van der Waals surface area (Å²) in [6.07, 6.45) is 4.38. The number of rotatable bonds is 8. The fourth-order valence-corrected chi connectivity index (χ4v) is 2.37. The van der Waals surface area contributed by atoms with E-state index in [-0.39, 0.29) is 5.91 Å². The first-order chi connectivity index (χ1) is 11.6. The van der Waals surface area contributed by atoms with E-state index in [0.717, 1.165) is 30.8 Å². The Balaban J connectivity index is 1.88. The largest absolute Gasteiger partial charge is 0.384 e. The van der Waals surface area contributed by atoms with Gasteiger partial charge in [-0.25, -0.2) is 0 Å². The van der Waals surface area contributed by atoms with Crippen molar-refractivity contribution in [3.05, 3.63) is 59.4 Å². The lowest BCUT2D eigenvalue weighted by molar-refractivity contribution is 0.0950. The Labute approximate surface area is 144 Å². The zero-order valence-electron chi connectivity index (χ0n) is 14.7. The molecule has 0 radical (unpaired) electrons. The van der Waals surface area contributed by atoms with Gasteiger partial charge in [-0.3, -0.25) is 9.78 Å². The maximum Gasteiger partial charge on any atom is 0.253 e. The lowest BCUT2D eigenvalue weighted by Gasteiger charge is -2.11. The minimum atomic E-state index is -0.109. The van der Waals surface area contributed by atoms with E-state index < -0.39 is 0 Å². The van der Waals surface area contributed by atoms with Crippen LogP contribution in [0.3, 0.4) is 0 Å². The molecule has 2 N–H and O–H groups in total. The minimum absolute atomic E-state index is 0.109. The predicted octanol–water partition coefficient (Wildman–Crippen LogP) is 2.68. The Kier molecular flexibility index (Phi) is 6.75. The molecule has 5 heteroatoms. The van der Waals surface area contributed by atoms with Crippen molar-refractivity contribution < 1.29 is 4.79 Å². The van der Waals surface area contributed by atoms with E-state index in [0.29, 0.717) is 12.1 Å². The van der Waals surface area contributed by atoms with Crippen LogP contribution in [-0.4, -0.2) is 43.0 Å². The summed E-state index contributed by atoms with van der Waals surface area (Å²) in [6.45, 7) is 4.44. The first kappa shape index (κ1) is 17.9. The Morgan fingerprint density at radius 1 is 1.21 bits per heavy atom. The van der Waals surface area contributed by atoms with Crippen molar-refractivity contribution in [2.45, 2.75) is 19.9 Å². The molecule has 1 aromatic heterocycles. The number of aromatic nitrogens is 1. The summed E-state index contributed by atoms with van der Waals surface area (Å²) in [5.41, 5.74) is 3.74. The smallest absolute Gasteiger partial charge is 0.253 e. The van der Waals surface area contributed by atoms with Crippen LogP contribution in [0, 0.1) is 6.92 Å². The number of pyridine rings is 1. The average Bonchev–Trinajstić information content (AvgIpc) is 2.58. The van der Waals surface area contributed by atoms with Crippen LogP contribution in [0.2, 0.25) is 0 Å². The first-order valence-electron chi connectivity index (χ1n) is 8.22. The Morgan fingerprint density at radius 3 is 2.75 bits per heavy atom. The van der Waals surface area contributed by atoms with Gasteiger partial charge in [0.1, 0.15) is 0 Å². The number of amides is 1. The van der Waals surface area contributed by atoms with Crippen LogP contribution < -0.4 is 10.6 Å². The summed E-state index contributed by atoms with van der Waals surface area (Å²) in [6, 6.07) is 9.89. The molecule has 2 aromatic rings. The Morgan fingerprint density at radius 2 is 2.00 bits per heavy atom. The number of nitrogens with one attached hydrogen (secondary N) is 2. The summed E-state index contributed by atoms with van der Waals surface area (Å²) in [5, 5.41) is 6.26. The highest BCUT2D eigenvalue weighted by atomic mass is 16.1. The summed E-state index contributed by atoms with van der Waals surface area (Å²) in [4.78, 5) is 18.6.